The Labute approximate surface area is 108 Å². The van der Waals surface area contributed by atoms with Crippen LogP contribution in [0, 0.1) is 5.92 Å². The highest BCUT2D eigenvalue weighted by atomic mass is 16.4. The molecule has 18 heavy (non-hydrogen) atoms. The Morgan fingerprint density at radius 3 is 2.44 bits per heavy atom. The van der Waals surface area contributed by atoms with Crippen molar-refractivity contribution in [1.29, 1.82) is 0 Å². The summed E-state index contributed by atoms with van der Waals surface area (Å²) in [5, 5.41) is 17.6. The van der Waals surface area contributed by atoms with Gasteiger partial charge in [-0.15, -0.1) is 0 Å². The number of amides is 2. The maximum Gasteiger partial charge on any atom is 0.315 e. The second-order valence-electron chi connectivity index (χ2n) is 5.50. The van der Waals surface area contributed by atoms with Gasteiger partial charge in [-0.3, -0.25) is 0 Å². The third-order valence-electron chi connectivity index (χ3n) is 3.50. The van der Waals surface area contributed by atoms with E-state index in [0.717, 1.165) is 12.8 Å². The van der Waals surface area contributed by atoms with E-state index >= 15 is 0 Å². The van der Waals surface area contributed by atoms with Gasteiger partial charge in [0.15, 0.2) is 5.84 Å². The fourth-order valence-corrected chi connectivity index (χ4v) is 2.31. The minimum absolute atomic E-state index is 0.0526. The summed E-state index contributed by atoms with van der Waals surface area (Å²) < 4.78 is 0. The average Bonchev–Trinajstić information content (AvgIpc) is 2.30. The fraction of sp³-hybridized carbons (Fsp3) is 0.833. The lowest BCUT2D eigenvalue weighted by molar-refractivity contribution is 0.210. The molecule has 0 heterocycles. The third kappa shape index (κ3) is 3.51. The van der Waals surface area contributed by atoms with E-state index in [0.29, 0.717) is 18.8 Å². The molecule has 6 nitrogen and oxygen atoms in total. The summed E-state index contributed by atoms with van der Waals surface area (Å²) in [6.45, 7) is 5.95. The minimum Gasteiger partial charge on any atom is -0.409 e. The molecule has 0 unspecified atom stereocenters. The largest absolute Gasteiger partial charge is 0.409 e. The zero-order valence-corrected chi connectivity index (χ0v) is 11.4. The van der Waals surface area contributed by atoms with Gasteiger partial charge in [-0.1, -0.05) is 12.1 Å². The molecule has 1 rings (SSSR count). The predicted octanol–water partition coefficient (Wildman–Crippen LogP) is 1.39. The number of nitrogens with zero attached hydrogens (tertiary/aromatic N) is 1. The first-order valence-electron chi connectivity index (χ1n) is 6.46. The lowest BCUT2D eigenvalue weighted by Gasteiger charge is -2.39. The summed E-state index contributed by atoms with van der Waals surface area (Å²) in [5.41, 5.74) is 5.06. The van der Waals surface area contributed by atoms with Crippen LogP contribution >= 0.6 is 0 Å². The molecule has 1 aliphatic rings. The number of carbonyl (C=O) groups is 1. The molecule has 0 aromatic rings. The normalized spacial score (nSPS) is 29.1. The molecule has 6 heteroatoms. The molecular formula is C12H24N4O2. The summed E-state index contributed by atoms with van der Waals surface area (Å²) in [6, 6.07) is -0.219. The molecule has 0 radical (unpaired) electrons. The first-order chi connectivity index (χ1) is 8.39. The van der Waals surface area contributed by atoms with Crippen LogP contribution < -0.4 is 16.4 Å². The zero-order chi connectivity index (χ0) is 13.8. The lowest BCUT2D eigenvalue weighted by atomic mass is 9.76. The Kier molecular flexibility index (Phi) is 4.81. The number of nitrogens with one attached hydrogen (secondary N) is 2. The molecule has 1 fully saturated rings. The van der Waals surface area contributed by atoms with E-state index in [-0.39, 0.29) is 17.9 Å². The van der Waals surface area contributed by atoms with E-state index in [9.17, 15) is 4.79 Å². The number of rotatable bonds is 3. The molecule has 0 saturated heterocycles. The van der Waals surface area contributed by atoms with Gasteiger partial charge in [0.2, 0.25) is 0 Å². The van der Waals surface area contributed by atoms with Gasteiger partial charge in [-0.25, -0.2) is 4.79 Å². The van der Waals surface area contributed by atoms with Crippen LogP contribution in [-0.2, 0) is 0 Å². The van der Waals surface area contributed by atoms with Crippen molar-refractivity contribution in [1.82, 2.24) is 10.6 Å². The molecule has 0 aliphatic heterocycles. The maximum absolute atomic E-state index is 11.8. The molecule has 0 spiro atoms. The maximum atomic E-state index is 11.8. The molecule has 5 N–H and O–H groups in total. The van der Waals surface area contributed by atoms with Crippen LogP contribution in [0.1, 0.15) is 46.5 Å². The van der Waals surface area contributed by atoms with Crippen molar-refractivity contribution < 1.29 is 10.0 Å². The van der Waals surface area contributed by atoms with Crippen LogP contribution in [0.3, 0.4) is 0 Å². The van der Waals surface area contributed by atoms with E-state index < -0.39 is 5.54 Å². The Hall–Kier alpha value is -1.46. The Balaban J connectivity index is 2.76. The van der Waals surface area contributed by atoms with Gasteiger partial charge < -0.3 is 21.6 Å². The second kappa shape index (κ2) is 5.93. The van der Waals surface area contributed by atoms with Gasteiger partial charge in [-0.05, 0) is 45.4 Å². The van der Waals surface area contributed by atoms with E-state index in [1.807, 2.05) is 13.8 Å². The monoisotopic (exact) mass is 256 g/mol. The zero-order valence-electron chi connectivity index (χ0n) is 11.4. The quantitative estimate of drug-likeness (QED) is 0.266. The van der Waals surface area contributed by atoms with Crippen molar-refractivity contribution in [2.24, 2.45) is 16.8 Å². The van der Waals surface area contributed by atoms with Crippen LogP contribution in [0.25, 0.3) is 0 Å². The predicted molar refractivity (Wildman–Crippen MR) is 70.6 cm³/mol. The highest BCUT2D eigenvalue weighted by Crippen LogP contribution is 2.32. The second-order valence-corrected chi connectivity index (χ2v) is 5.50. The number of urea groups is 1. The Morgan fingerprint density at radius 2 is 2.00 bits per heavy atom. The number of nitrogens with two attached hydrogens (primary N) is 1. The molecule has 0 bridgehead atoms. The van der Waals surface area contributed by atoms with Crippen LogP contribution in [0.4, 0.5) is 4.79 Å². The molecular weight excluding hydrogens is 232 g/mol. The van der Waals surface area contributed by atoms with Crippen molar-refractivity contribution in [3.8, 4) is 0 Å². The average molecular weight is 256 g/mol. The topological polar surface area (TPSA) is 99.7 Å². The van der Waals surface area contributed by atoms with Crippen molar-refractivity contribution in [2.75, 3.05) is 0 Å². The summed E-state index contributed by atoms with van der Waals surface area (Å²) in [7, 11) is 0. The van der Waals surface area contributed by atoms with E-state index in [1.165, 1.54) is 0 Å². The SMILES string of the molecule is CC1CCC(NC(=O)NC(C)C)(/C(N)=N/O)CC1. The Morgan fingerprint density at radius 1 is 1.44 bits per heavy atom. The van der Waals surface area contributed by atoms with Crippen molar-refractivity contribution in [2.45, 2.75) is 58.0 Å². The highest BCUT2D eigenvalue weighted by Gasteiger charge is 2.39. The molecule has 1 saturated carbocycles. The number of hydrogen-bond donors (Lipinski definition) is 4. The number of carbonyl (C=O) groups excluding carboxylic acids is 1. The number of oxime groups is 1. The molecule has 0 aromatic heterocycles. The minimum atomic E-state index is -0.708. The fourth-order valence-electron chi connectivity index (χ4n) is 2.31. The molecule has 2 amide bonds. The molecule has 0 aromatic carbocycles. The van der Waals surface area contributed by atoms with Gasteiger partial charge in [0.1, 0.15) is 5.54 Å². The van der Waals surface area contributed by atoms with Gasteiger partial charge in [0.25, 0.3) is 0 Å². The van der Waals surface area contributed by atoms with Crippen LogP contribution in [-0.4, -0.2) is 28.7 Å². The van der Waals surface area contributed by atoms with Crippen LogP contribution in [0.5, 0.6) is 0 Å². The standard InChI is InChI=1S/C12H24N4O2/c1-8(2)14-11(17)15-12(10(13)16-18)6-4-9(3)5-7-12/h8-9,18H,4-7H2,1-3H3,(H2,13,16)(H2,14,15,17). The smallest absolute Gasteiger partial charge is 0.315 e. The molecule has 0 atom stereocenters. The van der Waals surface area contributed by atoms with Crippen molar-refractivity contribution in [3.05, 3.63) is 0 Å². The summed E-state index contributed by atoms with van der Waals surface area (Å²) in [5.74, 6) is 0.702. The third-order valence-corrected chi connectivity index (χ3v) is 3.50. The molecule has 104 valence electrons. The van der Waals surface area contributed by atoms with Gasteiger partial charge in [0.05, 0.1) is 0 Å². The summed E-state index contributed by atoms with van der Waals surface area (Å²) >= 11 is 0. The molecule has 1 aliphatic carbocycles. The first kappa shape index (κ1) is 14.6. The van der Waals surface area contributed by atoms with E-state index in [4.69, 9.17) is 10.9 Å². The van der Waals surface area contributed by atoms with Gasteiger partial charge >= 0.3 is 6.03 Å². The van der Waals surface area contributed by atoms with Crippen molar-refractivity contribution in [3.63, 3.8) is 0 Å². The lowest BCUT2D eigenvalue weighted by Crippen LogP contribution is -2.61. The van der Waals surface area contributed by atoms with Crippen molar-refractivity contribution >= 4 is 11.9 Å². The van der Waals surface area contributed by atoms with Crippen LogP contribution in [0.15, 0.2) is 5.16 Å². The van der Waals surface area contributed by atoms with E-state index in [1.54, 1.807) is 0 Å². The van der Waals surface area contributed by atoms with Crippen LogP contribution in [0.2, 0.25) is 0 Å². The summed E-state index contributed by atoms with van der Waals surface area (Å²) in [4.78, 5) is 11.8. The number of hydrogen-bond acceptors (Lipinski definition) is 3. The van der Waals surface area contributed by atoms with Gasteiger partial charge in [0, 0.05) is 6.04 Å². The highest BCUT2D eigenvalue weighted by molar-refractivity contribution is 5.93. The van der Waals surface area contributed by atoms with Gasteiger partial charge in [-0.2, -0.15) is 0 Å². The Bertz CT molecular complexity index is 320. The summed E-state index contributed by atoms with van der Waals surface area (Å²) in [6.07, 6.45) is 3.32. The van der Waals surface area contributed by atoms with E-state index in [2.05, 4.69) is 22.7 Å². The number of amidine groups is 1. The first-order valence-corrected chi connectivity index (χ1v) is 6.46.